The van der Waals surface area contributed by atoms with Crippen molar-refractivity contribution in [2.75, 3.05) is 0 Å². The summed E-state index contributed by atoms with van der Waals surface area (Å²) in [6, 6.07) is 13.8. The van der Waals surface area contributed by atoms with Crippen LogP contribution in [0.15, 0.2) is 36.4 Å². The van der Waals surface area contributed by atoms with E-state index in [0.29, 0.717) is 0 Å². The van der Waals surface area contributed by atoms with Gasteiger partial charge in [0.2, 0.25) is 0 Å². The molecule has 0 radical (unpaired) electrons. The molecule has 0 aliphatic heterocycles. The second-order valence-electron chi connectivity index (χ2n) is 5.33. The van der Waals surface area contributed by atoms with Crippen molar-refractivity contribution in [1.29, 1.82) is 0 Å². The van der Waals surface area contributed by atoms with E-state index in [1.54, 1.807) is 29.5 Å². The molecule has 0 aliphatic carbocycles. The Balaban J connectivity index is 2.52. The zero-order valence-electron chi connectivity index (χ0n) is 13.7. The minimum absolute atomic E-state index is 0.298. The molecule has 2 aromatic carbocycles. The van der Waals surface area contributed by atoms with E-state index in [-0.39, 0.29) is 20.9 Å². The molecule has 0 spiro atoms. The van der Waals surface area contributed by atoms with Crippen molar-refractivity contribution in [3.05, 3.63) is 58.7 Å². The molecule has 2 rings (SSSR count). The Morgan fingerprint density at radius 2 is 0.857 bits per heavy atom. The van der Waals surface area contributed by atoms with Crippen LogP contribution in [0.2, 0.25) is 0 Å². The van der Waals surface area contributed by atoms with E-state index in [2.05, 4.69) is 64.1 Å². The molecular formula is C20H26Te. The van der Waals surface area contributed by atoms with E-state index in [1.165, 1.54) is 0 Å². The zero-order valence-corrected chi connectivity index (χ0v) is 16.0. The first-order valence-electron chi connectivity index (χ1n) is 8.14. The molecule has 0 saturated heterocycles. The van der Waals surface area contributed by atoms with Gasteiger partial charge in [-0.15, -0.1) is 0 Å². The molecule has 0 nitrogen and oxygen atoms in total. The Morgan fingerprint density at radius 3 is 1.10 bits per heavy atom. The molecule has 0 N–H and O–H groups in total. The van der Waals surface area contributed by atoms with E-state index < -0.39 is 0 Å². The maximum atomic E-state index is 2.33. The first-order valence-corrected chi connectivity index (χ1v) is 10.5. The Kier molecular flexibility index (Phi) is 6.34. The number of rotatable bonds is 6. The standard InChI is InChI=1S/C20H26Te/c1-5-15-11-9-12-16(6-2)19(15)21-20-17(7-3)13-10-14-18(20)8-4/h9-14H,5-8H2,1-4H3. The molecule has 21 heavy (non-hydrogen) atoms. The summed E-state index contributed by atoms with van der Waals surface area (Å²) < 4.78 is 3.40. The van der Waals surface area contributed by atoms with Crippen LogP contribution in [0.1, 0.15) is 49.9 Å². The van der Waals surface area contributed by atoms with Crippen LogP contribution in [0, 0.1) is 0 Å². The maximum absolute atomic E-state index is 2.33. The van der Waals surface area contributed by atoms with Gasteiger partial charge in [0, 0.05) is 0 Å². The fourth-order valence-electron chi connectivity index (χ4n) is 2.75. The third kappa shape index (κ3) is 3.71. The van der Waals surface area contributed by atoms with Crippen molar-refractivity contribution in [2.24, 2.45) is 0 Å². The first-order chi connectivity index (χ1) is 10.2. The first kappa shape index (κ1) is 16.6. The average molecular weight is 394 g/mol. The van der Waals surface area contributed by atoms with Crippen LogP contribution in [0.3, 0.4) is 0 Å². The number of hydrogen-bond donors (Lipinski definition) is 0. The molecular weight excluding hydrogens is 368 g/mol. The Labute approximate surface area is 140 Å². The summed E-state index contributed by atoms with van der Waals surface area (Å²) in [7, 11) is 0. The van der Waals surface area contributed by atoms with Gasteiger partial charge in [-0.1, -0.05) is 0 Å². The van der Waals surface area contributed by atoms with Crippen LogP contribution in [0.5, 0.6) is 0 Å². The van der Waals surface area contributed by atoms with E-state index >= 15 is 0 Å². The number of hydrogen-bond acceptors (Lipinski definition) is 0. The van der Waals surface area contributed by atoms with Crippen molar-refractivity contribution in [2.45, 2.75) is 53.4 Å². The van der Waals surface area contributed by atoms with Crippen LogP contribution in [-0.4, -0.2) is 20.9 Å². The van der Waals surface area contributed by atoms with Gasteiger partial charge in [-0.3, -0.25) is 0 Å². The second-order valence-corrected chi connectivity index (χ2v) is 8.24. The van der Waals surface area contributed by atoms with Crippen LogP contribution in [0.4, 0.5) is 0 Å². The van der Waals surface area contributed by atoms with Crippen LogP contribution >= 0.6 is 0 Å². The van der Waals surface area contributed by atoms with Gasteiger partial charge in [-0.05, 0) is 0 Å². The zero-order chi connectivity index (χ0) is 15.2. The summed E-state index contributed by atoms with van der Waals surface area (Å²) in [6.45, 7) is 9.16. The van der Waals surface area contributed by atoms with Gasteiger partial charge in [0.1, 0.15) is 0 Å². The molecule has 2 aromatic rings. The average Bonchev–Trinajstić information content (AvgIpc) is 2.55. The van der Waals surface area contributed by atoms with Crippen LogP contribution in [-0.2, 0) is 25.7 Å². The summed E-state index contributed by atoms with van der Waals surface area (Å²) in [5.41, 5.74) is 6.30. The fraction of sp³-hybridized carbons (Fsp3) is 0.400. The normalized spacial score (nSPS) is 10.9. The van der Waals surface area contributed by atoms with Crippen LogP contribution in [0.25, 0.3) is 0 Å². The quantitative estimate of drug-likeness (QED) is 0.658. The SMILES string of the molecule is CCc1cccc(CC)c1[Te]c1c(CC)cccc1CC. The fourth-order valence-corrected chi connectivity index (χ4v) is 7.26. The predicted octanol–water partition coefficient (Wildman–Crippen LogP) is 3.59. The van der Waals surface area contributed by atoms with E-state index in [9.17, 15) is 0 Å². The molecule has 0 saturated carbocycles. The topological polar surface area (TPSA) is 0 Å². The Morgan fingerprint density at radius 1 is 0.571 bits per heavy atom. The van der Waals surface area contributed by atoms with Gasteiger partial charge in [-0.25, -0.2) is 0 Å². The molecule has 0 heterocycles. The van der Waals surface area contributed by atoms with Crippen molar-refractivity contribution in [3.63, 3.8) is 0 Å². The molecule has 1 heteroatoms. The van der Waals surface area contributed by atoms with Crippen molar-refractivity contribution in [3.8, 4) is 0 Å². The Hall–Kier alpha value is -0.770. The van der Waals surface area contributed by atoms with Gasteiger partial charge < -0.3 is 0 Å². The summed E-state index contributed by atoms with van der Waals surface area (Å²) in [6.07, 6.45) is 4.63. The van der Waals surface area contributed by atoms with E-state index in [1.807, 2.05) is 0 Å². The summed E-state index contributed by atoms with van der Waals surface area (Å²) in [5.74, 6) is 0. The number of aryl methyl sites for hydroxylation is 4. The minimum atomic E-state index is -0.298. The summed E-state index contributed by atoms with van der Waals surface area (Å²) in [5, 5.41) is 0. The second kappa shape index (κ2) is 8.02. The van der Waals surface area contributed by atoms with E-state index in [4.69, 9.17) is 0 Å². The predicted molar refractivity (Wildman–Crippen MR) is 95.4 cm³/mol. The summed E-state index contributed by atoms with van der Waals surface area (Å²) in [4.78, 5) is 0. The van der Waals surface area contributed by atoms with Gasteiger partial charge in [0.05, 0.1) is 0 Å². The monoisotopic (exact) mass is 396 g/mol. The summed E-state index contributed by atoms with van der Waals surface area (Å²) >= 11 is -0.298. The van der Waals surface area contributed by atoms with Crippen molar-refractivity contribution < 1.29 is 0 Å². The number of benzene rings is 2. The molecule has 0 amide bonds. The van der Waals surface area contributed by atoms with Crippen molar-refractivity contribution >= 4 is 28.1 Å². The van der Waals surface area contributed by atoms with Gasteiger partial charge in [0.15, 0.2) is 0 Å². The molecule has 0 aliphatic rings. The molecule has 0 atom stereocenters. The van der Waals surface area contributed by atoms with Crippen molar-refractivity contribution in [1.82, 2.24) is 0 Å². The third-order valence-corrected chi connectivity index (χ3v) is 8.24. The Bertz CT molecular complexity index is 501. The molecule has 0 bridgehead atoms. The van der Waals surface area contributed by atoms with Gasteiger partial charge in [0.25, 0.3) is 0 Å². The molecule has 0 fully saturated rings. The molecule has 0 unspecified atom stereocenters. The van der Waals surface area contributed by atoms with Gasteiger partial charge >= 0.3 is 140 Å². The third-order valence-electron chi connectivity index (χ3n) is 4.08. The van der Waals surface area contributed by atoms with E-state index in [0.717, 1.165) is 25.7 Å². The molecule has 0 aromatic heterocycles. The van der Waals surface area contributed by atoms with Crippen LogP contribution < -0.4 is 7.22 Å². The van der Waals surface area contributed by atoms with Gasteiger partial charge in [-0.2, -0.15) is 0 Å². The molecule has 112 valence electrons.